The minimum Gasteiger partial charge on any atom is -0.0842 e. The first-order valence-corrected chi connectivity index (χ1v) is 12.2. The summed E-state index contributed by atoms with van der Waals surface area (Å²) < 4.78 is 0. The molecule has 0 N–H and O–H groups in total. The van der Waals surface area contributed by atoms with Crippen molar-refractivity contribution in [3.63, 3.8) is 0 Å². The van der Waals surface area contributed by atoms with E-state index >= 15 is 0 Å². The molecule has 0 unspecified atom stereocenters. The van der Waals surface area contributed by atoms with Crippen molar-refractivity contribution in [2.24, 2.45) is 46.3 Å². The van der Waals surface area contributed by atoms with Gasteiger partial charge in [0.1, 0.15) is 0 Å². The van der Waals surface area contributed by atoms with Crippen LogP contribution in [0.4, 0.5) is 0 Å². The summed E-state index contributed by atoms with van der Waals surface area (Å²) in [5.41, 5.74) is 2.81. The van der Waals surface area contributed by atoms with Crippen molar-refractivity contribution in [1.82, 2.24) is 0 Å². The normalized spacial score (nSPS) is 44.4. The Hall–Kier alpha value is -0.520. The fourth-order valence-corrected chi connectivity index (χ4v) is 8.32. The van der Waals surface area contributed by atoms with Crippen LogP contribution >= 0.6 is 0 Å². The quantitative estimate of drug-likeness (QED) is 0.459. The van der Waals surface area contributed by atoms with Crippen molar-refractivity contribution in [3.8, 4) is 0 Å². The summed E-state index contributed by atoms with van der Waals surface area (Å²) in [5, 5.41) is 0. The molecular formula is C27H44. The van der Waals surface area contributed by atoms with Crippen LogP contribution in [0.15, 0.2) is 23.8 Å². The lowest BCUT2D eigenvalue weighted by molar-refractivity contribution is -0.0451. The summed E-state index contributed by atoms with van der Waals surface area (Å²) in [7, 11) is 0. The molecule has 0 aromatic carbocycles. The molecule has 0 bridgehead atoms. The van der Waals surface area contributed by atoms with Crippen LogP contribution in [-0.4, -0.2) is 0 Å². The van der Waals surface area contributed by atoms with E-state index in [1.807, 2.05) is 0 Å². The van der Waals surface area contributed by atoms with Crippen molar-refractivity contribution in [2.75, 3.05) is 0 Å². The van der Waals surface area contributed by atoms with Crippen LogP contribution in [0.1, 0.15) is 98.8 Å². The zero-order valence-electron chi connectivity index (χ0n) is 18.8. The van der Waals surface area contributed by atoms with E-state index in [9.17, 15) is 0 Å². The van der Waals surface area contributed by atoms with Crippen LogP contribution in [0.3, 0.4) is 0 Å². The zero-order chi connectivity index (χ0) is 19.2. The maximum Gasteiger partial charge on any atom is -0.00445 e. The molecule has 0 heterocycles. The topological polar surface area (TPSA) is 0 Å². The predicted octanol–water partition coefficient (Wildman–Crippen LogP) is 8.19. The van der Waals surface area contributed by atoms with Crippen molar-refractivity contribution < 1.29 is 0 Å². The summed E-state index contributed by atoms with van der Waals surface area (Å²) in [5.74, 6) is 5.70. The molecule has 0 spiro atoms. The lowest BCUT2D eigenvalue weighted by atomic mass is 9.47. The van der Waals surface area contributed by atoms with Crippen LogP contribution in [-0.2, 0) is 0 Å². The van der Waals surface area contributed by atoms with E-state index in [0.29, 0.717) is 10.8 Å². The fraction of sp³-hybridized carbons (Fsp3) is 0.852. The second-order valence-electron chi connectivity index (χ2n) is 11.7. The molecule has 2 saturated carbocycles. The lowest BCUT2D eigenvalue weighted by Crippen LogP contribution is -2.49. The molecule has 27 heavy (non-hydrogen) atoms. The molecule has 7 atom stereocenters. The van der Waals surface area contributed by atoms with E-state index in [4.69, 9.17) is 0 Å². The number of rotatable bonds is 5. The number of hydrogen-bond acceptors (Lipinski definition) is 0. The average molecular weight is 369 g/mol. The molecule has 0 radical (unpaired) electrons. The standard InChI is InChI=1S/C27H44/c1-19(2)9-8-10-20(3)23-14-15-24-22-13-12-21-11-6-7-17-26(21,4)25(22)16-18-27(23,24)5/h6,11-12,19-20,22-25H,7-10,13-18H2,1-5H3/t20-,22+,23-,24+,25+,26+,27-/m1/s1. The zero-order valence-corrected chi connectivity index (χ0v) is 18.8. The Bertz CT molecular complexity index is 595. The molecule has 2 fully saturated rings. The molecule has 0 aliphatic heterocycles. The Balaban J connectivity index is 1.50. The third-order valence-electron chi connectivity index (χ3n) is 9.85. The smallest absolute Gasteiger partial charge is 0.00445 e. The molecule has 4 rings (SSSR count). The summed E-state index contributed by atoms with van der Waals surface area (Å²) >= 11 is 0. The van der Waals surface area contributed by atoms with Crippen molar-refractivity contribution >= 4 is 0 Å². The number of hydrogen-bond donors (Lipinski definition) is 0. The molecule has 0 heteroatoms. The lowest BCUT2D eigenvalue weighted by Gasteiger charge is -2.57. The fourth-order valence-electron chi connectivity index (χ4n) is 8.32. The highest BCUT2D eigenvalue weighted by atomic mass is 14.6. The Labute approximate surface area is 169 Å². The summed E-state index contributed by atoms with van der Waals surface area (Å²) in [4.78, 5) is 0. The van der Waals surface area contributed by atoms with Crippen molar-refractivity contribution in [3.05, 3.63) is 23.8 Å². The van der Waals surface area contributed by atoms with Crippen molar-refractivity contribution in [2.45, 2.75) is 98.8 Å². The van der Waals surface area contributed by atoms with Gasteiger partial charge in [-0.1, -0.05) is 72.1 Å². The van der Waals surface area contributed by atoms with Crippen molar-refractivity contribution in [1.29, 1.82) is 0 Å². The van der Waals surface area contributed by atoms with Crippen LogP contribution in [0.2, 0.25) is 0 Å². The van der Waals surface area contributed by atoms with Gasteiger partial charge in [0.15, 0.2) is 0 Å². The Morgan fingerprint density at radius 3 is 2.59 bits per heavy atom. The molecule has 4 aliphatic rings. The van der Waals surface area contributed by atoms with Gasteiger partial charge in [0.05, 0.1) is 0 Å². The summed E-state index contributed by atoms with van der Waals surface area (Å²) in [6, 6.07) is 0. The SMILES string of the molecule is CC(C)CCC[C@@H](C)[C@H]1CC[C@H]2[C@@H]3CC=C4C=CCC[C@]4(C)[C@H]3CC[C@]12C. The Morgan fingerprint density at radius 1 is 1.00 bits per heavy atom. The van der Waals surface area contributed by atoms with Gasteiger partial charge in [-0.2, -0.15) is 0 Å². The maximum atomic E-state index is 2.72. The van der Waals surface area contributed by atoms with E-state index in [-0.39, 0.29) is 0 Å². The number of fused-ring (bicyclic) bond motifs is 5. The van der Waals surface area contributed by atoms with Crippen LogP contribution in [0.25, 0.3) is 0 Å². The second-order valence-corrected chi connectivity index (χ2v) is 11.7. The van der Waals surface area contributed by atoms with Gasteiger partial charge in [-0.3, -0.25) is 0 Å². The summed E-state index contributed by atoms with van der Waals surface area (Å²) in [6.45, 7) is 12.7. The number of allylic oxidation sites excluding steroid dienone is 4. The summed E-state index contributed by atoms with van der Waals surface area (Å²) in [6.07, 6.45) is 22.0. The molecule has 0 aromatic rings. The molecular weight excluding hydrogens is 324 g/mol. The highest BCUT2D eigenvalue weighted by molar-refractivity contribution is 5.34. The highest BCUT2D eigenvalue weighted by Gasteiger charge is 2.58. The van der Waals surface area contributed by atoms with Gasteiger partial charge in [-0.05, 0) is 96.9 Å². The largest absolute Gasteiger partial charge is 0.0842 e. The third-order valence-corrected chi connectivity index (χ3v) is 9.85. The first-order valence-electron chi connectivity index (χ1n) is 12.2. The van der Waals surface area contributed by atoms with E-state index in [1.54, 1.807) is 5.57 Å². The molecule has 0 saturated heterocycles. The van der Waals surface area contributed by atoms with E-state index in [2.05, 4.69) is 52.8 Å². The minimum atomic E-state index is 0.486. The van der Waals surface area contributed by atoms with Gasteiger partial charge in [0.25, 0.3) is 0 Å². The molecule has 0 amide bonds. The van der Waals surface area contributed by atoms with Crippen LogP contribution in [0.5, 0.6) is 0 Å². The van der Waals surface area contributed by atoms with Gasteiger partial charge >= 0.3 is 0 Å². The van der Waals surface area contributed by atoms with Gasteiger partial charge < -0.3 is 0 Å². The monoisotopic (exact) mass is 368 g/mol. The van der Waals surface area contributed by atoms with Crippen LogP contribution in [0, 0.1) is 46.3 Å². The average Bonchev–Trinajstić information content (AvgIpc) is 2.98. The third kappa shape index (κ3) is 3.28. The molecule has 0 aromatic heterocycles. The van der Waals surface area contributed by atoms with Crippen LogP contribution < -0.4 is 0 Å². The van der Waals surface area contributed by atoms with E-state index in [1.165, 1.54) is 64.2 Å². The first-order chi connectivity index (χ1) is 12.9. The van der Waals surface area contributed by atoms with Gasteiger partial charge in [-0.25, -0.2) is 0 Å². The first kappa shape index (κ1) is 19.8. The van der Waals surface area contributed by atoms with Gasteiger partial charge in [0.2, 0.25) is 0 Å². The van der Waals surface area contributed by atoms with Gasteiger partial charge in [0, 0.05) is 0 Å². The molecule has 0 nitrogen and oxygen atoms in total. The predicted molar refractivity (Wildman–Crippen MR) is 118 cm³/mol. The Kier molecular flexibility index (Phi) is 5.41. The van der Waals surface area contributed by atoms with E-state index in [0.717, 1.165) is 35.5 Å². The van der Waals surface area contributed by atoms with Gasteiger partial charge in [-0.15, -0.1) is 0 Å². The minimum absolute atomic E-state index is 0.486. The highest BCUT2D eigenvalue weighted by Crippen LogP contribution is 2.66. The molecule has 4 aliphatic carbocycles. The maximum absolute atomic E-state index is 2.72. The Morgan fingerprint density at radius 2 is 1.81 bits per heavy atom. The van der Waals surface area contributed by atoms with E-state index < -0.39 is 0 Å². The second kappa shape index (κ2) is 7.38. The molecule has 152 valence electrons.